The second-order valence-corrected chi connectivity index (χ2v) is 6.16. The van der Waals surface area contributed by atoms with Crippen molar-refractivity contribution in [3.8, 4) is 0 Å². The van der Waals surface area contributed by atoms with Crippen molar-refractivity contribution in [2.24, 2.45) is 7.05 Å². The van der Waals surface area contributed by atoms with E-state index in [-0.39, 0.29) is 11.9 Å². The van der Waals surface area contributed by atoms with Gasteiger partial charge in [0.1, 0.15) is 11.9 Å². The summed E-state index contributed by atoms with van der Waals surface area (Å²) in [5, 5.41) is 5.37. The molecule has 0 radical (unpaired) electrons. The van der Waals surface area contributed by atoms with Crippen molar-refractivity contribution in [1.29, 1.82) is 0 Å². The zero-order valence-corrected chi connectivity index (χ0v) is 13.2. The third-order valence-electron chi connectivity index (χ3n) is 3.98. The molecule has 2 aromatic heterocycles. The van der Waals surface area contributed by atoms with Crippen LogP contribution in [-0.4, -0.2) is 40.0 Å². The molecule has 6 heteroatoms. The molecule has 1 fully saturated rings. The number of rotatable bonds is 3. The summed E-state index contributed by atoms with van der Waals surface area (Å²) in [6.07, 6.45) is 4.61. The van der Waals surface area contributed by atoms with E-state index in [0.29, 0.717) is 0 Å². The summed E-state index contributed by atoms with van der Waals surface area (Å²) in [7, 11) is 1.97. The fourth-order valence-corrected chi connectivity index (χ4v) is 3.76. The van der Waals surface area contributed by atoms with Crippen molar-refractivity contribution in [3.63, 3.8) is 0 Å². The monoisotopic (exact) mass is 304 g/mol. The topological polar surface area (TPSA) is 50.2 Å². The summed E-state index contributed by atoms with van der Waals surface area (Å²) in [5.41, 5.74) is 1.14. The molecular formula is C15H20N4OS. The van der Waals surface area contributed by atoms with E-state index in [1.165, 1.54) is 0 Å². The number of hydrogen-bond donors (Lipinski definition) is 1. The van der Waals surface area contributed by atoms with Gasteiger partial charge in [0.15, 0.2) is 0 Å². The fraction of sp³-hybridized carbons (Fsp3) is 0.467. The van der Waals surface area contributed by atoms with Gasteiger partial charge in [0, 0.05) is 39.1 Å². The summed E-state index contributed by atoms with van der Waals surface area (Å²) in [4.78, 5) is 20.2. The molecule has 1 atom stereocenters. The molecule has 3 heterocycles. The van der Waals surface area contributed by atoms with E-state index in [1.807, 2.05) is 28.1 Å². The molecule has 1 amide bonds. The van der Waals surface area contributed by atoms with Crippen LogP contribution in [0.3, 0.4) is 0 Å². The van der Waals surface area contributed by atoms with Crippen LogP contribution in [0.15, 0.2) is 23.8 Å². The van der Waals surface area contributed by atoms with Gasteiger partial charge >= 0.3 is 0 Å². The Morgan fingerprint density at radius 2 is 2.43 bits per heavy atom. The van der Waals surface area contributed by atoms with Gasteiger partial charge < -0.3 is 14.8 Å². The quantitative estimate of drug-likeness (QED) is 0.941. The standard InChI is InChI=1S/C15H20N4OS/c1-3-11-4-9-21-13(11)15(20)19-8-5-16-10-12(19)14-17-6-7-18(14)2/h4,6-7,9,12,16H,3,5,8,10H2,1-2H3. The Labute approximate surface area is 128 Å². The average molecular weight is 304 g/mol. The second-order valence-electron chi connectivity index (χ2n) is 5.24. The first-order chi connectivity index (χ1) is 10.2. The Morgan fingerprint density at radius 3 is 3.14 bits per heavy atom. The number of hydrogen-bond acceptors (Lipinski definition) is 4. The van der Waals surface area contributed by atoms with Crippen LogP contribution < -0.4 is 5.32 Å². The molecule has 1 saturated heterocycles. The number of aryl methyl sites for hydroxylation is 2. The molecule has 0 saturated carbocycles. The van der Waals surface area contributed by atoms with E-state index in [1.54, 1.807) is 17.5 Å². The highest BCUT2D eigenvalue weighted by Crippen LogP contribution is 2.26. The van der Waals surface area contributed by atoms with Crippen LogP contribution in [0.4, 0.5) is 0 Å². The highest BCUT2D eigenvalue weighted by Gasteiger charge is 2.32. The minimum atomic E-state index is -0.00180. The highest BCUT2D eigenvalue weighted by atomic mass is 32.1. The van der Waals surface area contributed by atoms with Crippen molar-refractivity contribution in [2.45, 2.75) is 19.4 Å². The Bertz CT molecular complexity index is 633. The zero-order chi connectivity index (χ0) is 14.8. The van der Waals surface area contributed by atoms with E-state index in [0.717, 1.165) is 42.3 Å². The molecule has 1 aliphatic rings. The maximum absolute atomic E-state index is 12.9. The van der Waals surface area contributed by atoms with Crippen molar-refractivity contribution < 1.29 is 4.79 Å². The molecule has 1 unspecified atom stereocenters. The number of imidazole rings is 1. The lowest BCUT2D eigenvalue weighted by Gasteiger charge is -2.35. The molecule has 21 heavy (non-hydrogen) atoms. The summed E-state index contributed by atoms with van der Waals surface area (Å²) in [5.74, 6) is 1.07. The van der Waals surface area contributed by atoms with Crippen molar-refractivity contribution in [1.82, 2.24) is 19.8 Å². The van der Waals surface area contributed by atoms with Gasteiger partial charge in [-0.05, 0) is 23.4 Å². The minimum Gasteiger partial charge on any atom is -0.336 e. The largest absolute Gasteiger partial charge is 0.336 e. The minimum absolute atomic E-state index is 0.00180. The van der Waals surface area contributed by atoms with Gasteiger partial charge in [-0.2, -0.15) is 0 Å². The van der Waals surface area contributed by atoms with Gasteiger partial charge in [0.2, 0.25) is 0 Å². The van der Waals surface area contributed by atoms with Gasteiger partial charge in [-0.25, -0.2) is 4.98 Å². The Balaban J connectivity index is 1.91. The summed E-state index contributed by atoms with van der Waals surface area (Å²) >= 11 is 1.54. The van der Waals surface area contributed by atoms with Crippen LogP contribution >= 0.6 is 11.3 Å². The van der Waals surface area contributed by atoms with Crippen LogP contribution in [0.25, 0.3) is 0 Å². The number of amides is 1. The molecule has 0 aromatic carbocycles. The summed E-state index contributed by atoms with van der Waals surface area (Å²) < 4.78 is 1.99. The van der Waals surface area contributed by atoms with Crippen LogP contribution in [0, 0.1) is 0 Å². The third-order valence-corrected chi connectivity index (χ3v) is 4.93. The Hall–Kier alpha value is -1.66. The number of aromatic nitrogens is 2. The molecule has 1 N–H and O–H groups in total. The zero-order valence-electron chi connectivity index (χ0n) is 12.4. The fourth-order valence-electron chi connectivity index (χ4n) is 2.81. The predicted molar refractivity (Wildman–Crippen MR) is 83.6 cm³/mol. The molecule has 2 aromatic rings. The number of nitrogens with one attached hydrogen (secondary N) is 1. The molecule has 3 rings (SSSR count). The molecule has 0 aliphatic carbocycles. The van der Waals surface area contributed by atoms with E-state index < -0.39 is 0 Å². The SMILES string of the molecule is CCc1ccsc1C(=O)N1CCNCC1c1nccn1C. The lowest BCUT2D eigenvalue weighted by atomic mass is 10.1. The number of carbonyl (C=O) groups is 1. The number of nitrogens with zero attached hydrogens (tertiary/aromatic N) is 3. The molecule has 5 nitrogen and oxygen atoms in total. The van der Waals surface area contributed by atoms with Gasteiger partial charge in [0.25, 0.3) is 5.91 Å². The van der Waals surface area contributed by atoms with Crippen LogP contribution in [0.1, 0.15) is 34.0 Å². The van der Waals surface area contributed by atoms with Crippen LogP contribution in [0.5, 0.6) is 0 Å². The summed E-state index contributed by atoms with van der Waals surface area (Å²) in [6, 6.07) is 2.05. The summed E-state index contributed by atoms with van der Waals surface area (Å²) in [6.45, 7) is 4.40. The van der Waals surface area contributed by atoms with Crippen molar-refractivity contribution >= 4 is 17.2 Å². The van der Waals surface area contributed by atoms with E-state index in [9.17, 15) is 4.79 Å². The number of piperazine rings is 1. The second kappa shape index (κ2) is 5.99. The molecule has 0 spiro atoms. The normalized spacial score (nSPS) is 19.0. The van der Waals surface area contributed by atoms with Gasteiger partial charge in [-0.3, -0.25) is 4.79 Å². The first-order valence-corrected chi connectivity index (χ1v) is 8.15. The molecule has 112 valence electrons. The smallest absolute Gasteiger partial charge is 0.264 e. The van der Waals surface area contributed by atoms with Gasteiger partial charge in [0.05, 0.1) is 4.88 Å². The van der Waals surface area contributed by atoms with Gasteiger partial charge in [-0.15, -0.1) is 11.3 Å². The highest BCUT2D eigenvalue weighted by molar-refractivity contribution is 7.12. The number of thiophene rings is 1. The Morgan fingerprint density at radius 1 is 1.57 bits per heavy atom. The third kappa shape index (κ3) is 2.61. The van der Waals surface area contributed by atoms with Crippen molar-refractivity contribution in [2.75, 3.05) is 19.6 Å². The average Bonchev–Trinajstić information content (AvgIpc) is 3.14. The van der Waals surface area contributed by atoms with Crippen molar-refractivity contribution in [3.05, 3.63) is 40.1 Å². The predicted octanol–water partition coefficient (Wildman–Crippen LogP) is 1.83. The first-order valence-electron chi connectivity index (χ1n) is 7.27. The first kappa shape index (κ1) is 14.3. The molecule has 0 bridgehead atoms. The van der Waals surface area contributed by atoms with E-state index in [4.69, 9.17) is 0 Å². The number of carbonyl (C=O) groups excluding carboxylic acids is 1. The lowest BCUT2D eigenvalue weighted by molar-refractivity contribution is 0.0625. The molecular weight excluding hydrogens is 284 g/mol. The maximum atomic E-state index is 12.9. The Kier molecular flexibility index (Phi) is 4.07. The van der Waals surface area contributed by atoms with Crippen LogP contribution in [-0.2, 0) is 13.5 Å². The molecule has 1 aliphatic heterocycles. The van der Waals surface area contributed by atoms with Gasteiger partial charge in [-0.1, -0.05) is 6.92 Å². The van der Waals surface area contributed by atoms with E-state index in [2.05, 4.69) is 23.3 Å². The van der Waals surface area contributed by atoms with E-state index >= 15 is 0 Å². The van der Waals surface area contributed by atoms with Crippen LogP contribution in [0.2, 0.25) is 0 Å². The lowest BCUT2D eigenvalue weighted by Crippen LogP contribution is -2.49. The maximum Gasteiger partial charge on any atom is 0.264 e.